The first-order valence-electron chi connectivity index (χ1n) is 12.5. The van der Waals surface area contributed by atoms with E-state index in [1.165, 1.54) is 30.6 Å². The Morgan fingerprint density at radius 3 is 2.67 bits per heavy atom. The van der Waals surface area contributed by atoms with Gasteiger partial charge in [-0.25, -0.2) is 4.98 Å². The summed E-state index contributed by atoms with van der Waals surface area (Å²) >= 11 is 4.03. The van der Waals surface area contributed by atoms with Gasteiger partial charge in [-0.2, -0.15) is 0 Å². The van der Waals surface area contributed by atoms with Crippen molar-refractivity contribution in [2.45, 2.75) is 43.2 Å². The van der Waals surface area contributed by atoms with Crippen LogP contribution in [0.5, 0.6) is 0 Å². The fourth-order valence-electron chi connectivity index (χ4n) is 4.83. The average Bonchev–Trinajstić information content (AvgIpc) is 3.61. The van der Waals surface area contributed by atoms with Crippen LogP contribution in [-0.2, 0) is 38.2 Å². The third-order valence-electron chi connectivity index (χ3n) is 6.95. The molecule has 13 nitrogen and oxygen atoms in total. The molecule has 0 aliphatic carbocycles. The number of carbonyl (C=O) groups excluding carboxylic acids is 4. The Bertz CT molecular complexity index is 1180. The first kappa shape index (κ1) is 30.4. The summed E-state index contributed by atoms with van der Waals surface area (Å²) in [5.74, 6) is -2.22. The van der Waals surface area contributed by atoms with E-state index in [0.717, 1.165) is 11.3 Å². The number of hydrogen-bond donors (Lipinski definition) is 2. The molecule has 40 heavy (non-hydrogen) atoms. The lowest BCUT2D eigenvalue weighted by atomic mass is 9.74. The zero-order valence-electron chi connectivity index (χ0n) is 22.8. The largest absolute Gasteiger partial charge is 0.427 e. The predicted molar refractivity (Wildman–Crippen MR) is 150 cm³/mol. The van der Waals surface area contributed by atoms with E-state index in [1.807, 2.05) is 6.26 Å². The number of nitrogens with zero attached hydrogens (tertiary/aromatic N) is 3. The molecule has 0 bridgehead atoms. The topological polar surface area (TPSA) is 172 Å². The number of rotatable bonds is 9. The number of fused-ring (bicyclic) bond motifs is 1. The number of carbonyl (C=O) groups is 4. The van der Waals surface area contributed by atoms with Gasteiger partial charge in [-0.15, -0.1) is 34.9 Å². The Morgan fingerprint density at radius 1 is 1.35 bits per heavy atom. The molecule has 3 fully saturated rings. The zero-order valence-corrected chi connectivity index (χ0v) is 25.3. The Labute approximate surface area is 244 Å². The highest BCUT2D eigenvalue weighted by molar-refractivity contribution is 8.17. The van der Waals surface area contributed by atoms with Crippen LogP contribution < -0.4 is 11.1 Å². The van der Waals surface area contributed by atoms with Crippen molar-refractivity contribution >= 4 is 69.5 Å². The van der Waals surface area contributed by atoms with Crippen LogP contribution >= 0.6 is 34.9 Å². The van der Waals surface area contributed by atoms with E-state index in [2.05, 4.69) is 15.5 Å². The van der Waals surface area contributed by atoms with Gasteiger partial charge < -0.3 is 35.0 Å². The van der Waals surface area contributed by atoms with Crippen molar-refractivity contribution in [2.75, 3.05) is 45.7 Å². The van der Waals surface area contributed by atoms with Crippen LogP contribution in [0.25, 0.3) is 0 Å². The number of thioether (sulfide) groups is 2. The Morgan fingerprint density at radius 2 is 2.10 bits per heavy atom. The summed E-state index contributed by atoms with van der Waals surface area (Å²) in [6.07, 6.45) is 2.50. The van der Waals surface area contributed by atoms with Crippen LogP contribution in [0.2, 0.25) is 0 Å². The zero-order chi connectivity index (χ0) is 29.2. The highest BCUT2D eigenvalue weighted by Gasteiger charge is 2.65. The van der Waals surface area contributed by atoms with E-state index in [9.17, 15) is 19.2 Å². The molecule has 3 N–H and O–H groups in total. The molecule has 16 heteroatoms. The summed E-state index contributed by atoms with van der Waals surface area (Å²) in [7, 11) is 1.30. The van der Waals surface area contributed by atoms with Crippen molar-refractivity contribution in [2.24, 2.45) is 21.9 Å². The number of nitrogens with one attached hydrogen (secondary N) is 1. The molecule has 3 aliphatic heterocycles. The molecular formula is C24H33N5O8S3. The SMILES string of the molecule is CON=C(C(=O)NC1C(=O)N2CC(C(=O)OCOC(=O)C(C)(C)C)(C3CCOC3)C(SC)S[C@H]12)c1csc(N)n1. The summed E-state index contributed by atoms with van der Waals surface area (Å²) in [6.45, 7) is 5.52. The molecule has 0 radical (unpaired) electrons. The Kier molecular flexibility index (Phi) is 9.21. The molecular weight excluding hydrogens is 582 g/mol. The number of esters is 2. The number of ether oxygens (including phenoxy) is 3. The molecule has 0 spiro atoms. The molecule has 3 saturated heterocycles. The fourth-order valence-corrected chi connectivity index (χ4v) is 8.47. The molecule has 4 unspecified atom stereocenters. The average molecular weight is 616 g/mol. The van der Waals surface area contributed by atoms with Crippen molar-refractivity contribution in [1.82, 2.24) is 15.2 Å². The van der Waals surface area contributed by atoms with Gasteiger partial charge in [0.2, 0.25) is 12.7 Å². The summed E-state index contributed by atoms with van der Waals surface area (Å²) in [5.41, 5.74) is 3.98. The molecule has 0 saturated carbocycles. The second-order valence-corrected chi connectivity index (χ2v) is 13.9. The Hall–Kier alpha value is -2.56. The van der Waals surface area contributed by atoms with Gasteiger partial charge in [-0.3, -0.25) is 19.2 Å². The lowest BCUT2D eigenvalue weighted by Gasteiger charge is -2.57. The predicted octanol–water partition coefficient (Wildman–Crippen LogP) is 1.28. The van der Waals surface area contributed by atoms with Gasteiger partial charge in [0, 0.05) is 24.4 Å². The fraction of sp³-hybridized carbons (Fsp3) is 0.667. The van der Waals surface area contributed by atoms with Crippen molar-refractivity contribution in [3.8, 4) is 0 Å². The van der Waals surface area contributed by atoms with E-state index in [-0.39, 0.29) is 39.5 Å². The number of aromatic nitrogens is 1. The highest BCUT2D eigenvalue weighted by atomic mass is 32.2. The number of thiazole rings is 1. The molecule has 1 aromatic rings. The third kappa shape index (κ3) is 5.76. The first-order valence-corrected chi connectivity index (χ1v) is 15.6. The summed E-state index contributed by atoms with van der Waals surface area (Å²) in [4.78, 5) is 62.8. The molecule has 2 amide bonds. The van der Waals surface area contributed by atoms with Crippen LogP contribution in [0.15, 0.2) is 10.5 Å². The van der Waals surface area contributed by atoms with Crippen molar-refractivity contribution in [3.05, 3.63) is 11.1 Å². The van der Waals surface area contributed by atoms with Crippen LogP contribution in [0.1, 0.15) is 32.9 Å². The quantitative estimate of drug-likeness (QED) is 0.134. The standard InChI is InChI=1S/C24H33N5O8S3/c1-23(2,3)19(32)36-11-37-20(33)24(12-6-7-35-8-12)10-29-17(31)15(18(29)40-21(24)38-5)27-16(30)14(28-34-4)13-9-39-22(25)26-13/h9,12,15,18,21H,6-8,10-11H2,1-5H3,(H2,25,26)(H,27,30)/t12?,15?,18-,21?,24?/m1/s1. The molecule has 1 aromatic heterocycles. The number of amides is 2. The summed E-state index contributed by atoms with van der Waals surface area (Å²) in [5, 5.41) is 7.94. The normalized spacial score (nSPS) is 28.4. The van der Waals surface area contributed by atoms with Gasteiger partial charge in [0.05, 0.1) is 16.6 Å². The second kappa shape index (κ2) is 12.1. The van der Waals surface area contributed by atoms with Crippen LogP contribution in [0.4, 0.5) is 5.13 Å². The van der Waals surface area contributed by atoms with Crippen LogP contribution in [0.3, 0.4) is 0 Å². The maximum atomic E-state index is 13.7. The minimum atomic E-state index is -1.10. The number of anilines is 1. The van der Waals surface area contributed by atoms with E-state index < -0.39 is 46.9 Å². The van der Waals surface area contributed by atoms with Crippen molar-refractivity contribution < 1.29 is 38.2 Å². The van der Waals surface area contributed by atoms with E-state index >= 15 is 0 Å². The lowest BCUT2D eigenvalue weighted by Crippen LogP contribution is -2.76. The minimum Gasteiger partial charge on any atom is -0.427 e. The van der Waals surface area contributed by atoms with Gasteiger partial charge in [-0.1, -0.05) is 5.16 Å². The van der Waals surface area contributed by atoms with Gasteiger partial charge in [-0.05, 0) is 33.4 Å². The maximum absolute atomic E-state index is 13.7. The number of hydrogen-bond acceptors (Lipinski definition) is 14. The van der Waals surface area contributed by atoms with Crippen LogP contribution in [0, 0.1) is 16.7 Å². The van der Waals surface area contributed by atoms with E-state index in [1.54, 1.807) is 31.1 Å². The lowest BCUT2D eigenvalue weighted by molar-refractivity contribution is -0.184. The number of nitrogens with two attached hydrogens (primary N) is 1. The number of oxime groups is 1. The highest BCUT2D eigenvalue weighted by Crippen LogP contribution is 2.55. The Balaban J connectivity index is 1.51. The molecule has 5 atom stereocenters. The van der Waals surface area contributed by atoms with Gasteiger partial charge in [0.25, 0.3) is 5.91 Å². The minimum absolute atomic E-state index is 0.0864. The second-order valence-electron chi connectivity index (χ2n) is 10.5. The third-order valence-corrected chi connectivity index (χ3v) is 10.9. The van der Waals surface area contributed by atoms with Gasteiger partial charge >= 0.3 is 11.9 Å². The number of β-lactam (4-membered cyclic amide) rings is 1. The maximum Gasteiger partial charge on any atom is 0.319 e. The van der Waals surface area contributed by atoms with E-state index in [0.29, 0.717) is 19.6 Å². The summed E-state index contributed by atoms with van der Waals surface area (Å²) < 4.78 is 16.0. The molecule has 220 valence electrons. The van der Waals surface area contributed by atoms with Gasteiger partial charge in [0.1, 0.15) is 29.6 Å². The van der Waals surface area contributed by atoms with E-state index in [4.69, 9.17) is 24.8 Å². The number of nitrogen functional groups attached to an aromatic ring is 1. The summed E-state index contributed by atoms with van der Waals surface area (Å²) in [6, 6.07) is -0.841. The molecule has 0 aromatic carbocycles. The molecule has 3 aliphatic rings. The van der Waals surface area contributed by atoms with Crippen molar-refractivity contribution in [3.63, 3.8) is 0 Å². The van der Waals surface area contributed by atoms with Gasteiger partial charge in [0.15, 0.2) is 10.8 Å². The monoisotopic (exact) mass is 615 g/mol. The molecule has 4 rings (SSSR count). The van der Waals surface area contributed by atoms with Crippen LogP contribution in [-0.4, -0.2) is 95.3 Å². The first-order chi connectivity index (χ1) is 18.9. The van der Waals surface area contributed by atoms with Crippen molar-refractivity contribution in [1.29, 1.82) is 0 Å². The smallest absolute Gasteiger partial charge is 0.319 e. The molecule has 4 heterocycles.